The number of hydrogen-bond donors (Lipinski definition) is 1. The van der Waals surface area contributed by atoms with Crippen LogP contribution in [0.15, 0.2) is 42.5 Å². The molecule has 0 spiro atoms. The van der Waals surface area contributed by atoms with E-state index in [-0.39, 0.29) is 0 Å². The highest BCUT2D eigenvalue weighted by molar-refractivity contribution is 6.31. The molecule has 0 radical (unpaired) electrons. The second-order valence-electron chi connectivity index (χ2n) is 5.30. The van der Waals surface area contributed by atoms with Gasteiger partial charge in [-0.3, -0.25) is 0 Å². The Labute approximate surface area is 131 Å². The first-order valence-electron chi connectivity index (χ1n) is 7.18. The monoisotopic (exact) mass is 298 g/mol. The van der Waals surface area contributed by atoms with Crippen molar-refractivity contribution in [2.45, 2.75) is 6.42 Å². The molecule has 0 saturated carbocycles. The zero-order valence-corrected chi connectivity index (χ0v) is 13.1. The summed E-state index contributed by atoms with van der Waals surface area (Å²) in [6.07, 6.45) is 3.29. The van der Waals surface area contributed by atoms with E-state index in [9.17, 15) is 0 Å². The molecule has 0 aromatic heterocycles. The fourth-order valence-electron chi connectivity index (χ4n) is 2.83. The smallest absolute Gasteiger partial charge is 0.0499 e. The summed E-state index contributed by atoms with van der Waals surface area (Å²) in [5.41, 5.74) is 6.22. The largest absolute Gasteiger partial charge is 0.344 e. The van der Waals surface area contributed by atoms with Gasteiger partial charge in [-0.25, -0.2) is 0 Å². The van der Waals surface area contributed by atoms with Crippen LogP contribution < -0.4 is 10.2 Å². The van der Waals surface area contributed by atoms with Crippen molar-refractivity contribution in [1.29, 1.82) is 0 Å². The molecule has 2 aromatic rings. The highest BCUT2D eigenvalue weighted by Gasteiger charge is 2.18. The quantitative estimate of drug-likeness (QED) is 0.893. The predicted octanol–water partition coefficient (Wildman–Crippen LogP) is 4.57. The molecule has 3 rings (SSSR count). The minimum Gasteiger partial charge on any atom is -0.344 e. The van der Waals surface area contributed by atoms with Crippen LogP contribution in [0.4, 0.5) is 11.4 Å². The summed E-state index contributed by atoms with van der Waals surface area (Å²) in [5.74, 6) is 0. The maximum atomic E-state index is 6.22. The molecule has 1 aliphatic heterocycles. The Kier molecular flexibility index (Phi) is 4.00. The van der Waals surface area contributed by atoms with E-state index in [2.05, 4.69) is 53.7 Å². The van der Waals surface area contributed by atoms with Gasteiger partial charge in [0.25, 0.3) is 0 Å². The summed E-state index contributed by atoms with van der Waals surface area (Å²) in [4.78, 5) is 2.22. The van der Waals surface area contributed by atoms with Gasteiger partial charge in [-0.1, -0.05) is 35.9 Å². The van der Waals surface area contributed by atoms with Gasteiger partial charge in [0.2, 0.25) is 0 Å². The van der Waals surface area contributed by atoms with Crippen molar-refractivity contribution in [2.24, 2.45) is 0 Å². The number of fused-ring (bicyclic) bond motifs is 2. The van der Waals surface area contributed by atoms with Gasteiger partial charge in [0.1, 0.15) is 0 Å². The minimum atomic E-state index is 0.771. The number of nitrogens with one attached hydrogen (secondary N) is 1. The van der Waals surface area contributed by atoms with Crippen molar-refractivity contribution in [3.8, 4) is 0 Å². The van der Waals surface area contributed by atoms with Crippen LogP contribution in [0.2, 0.25) is 5.02 Å². The van der Waals surface area contributed by atoms with E-state index in [4.69, 9.17) is 11.6 Å². The lowest BCUT2D eigenvalue weighted by atomic mass is 9.99. The molecule has 0 unspecified atom stereocenters. The van der Waals surface area contributed by atoms with Crippen LogP contribution >= 0.6 is 11.6 Å². The molecule has 0 atom stereocenters. The molecular weight excluding hydrogens is 280 g/mol. The predicted molar refractivity (Wildman–Crippen MR) is 92.4 cm³/mol. The standard InChI is InChI=1S/C18H19ClN2/c1-20-10-9-13-11-14-5-3-4-6-17(14)21(2)18-12-15(19)7-8-16(13)18/h3-8,11-12,20H,9-10H2,1-2H3. The van der Waals surface area contributed by atoms with Crippen molar-refractivity contribution in [3.05, 3.63) is 58.6 Å². The maximum absolute atomic E-state index is 6.22. The van der Waals surface area contributed by atoms with Crippen LogP contribution in [0.1, 0.15) is 17.5 Å². The first-order valence-corrected chi connectivity index (χ1v) is 7.56. The lowest BCUT2D eigenvalue weighted by molar-refractivity contribution is 0.816. The molecule has 2 aromatic carbocycles. The molecule has 0 amide bonds. The molecule has 0 saturated heterocycles. The molecule has 108 valence electrons. The number of halogens is 1. The van der Waals surface area contributed by atoms with Crippen LogP contribution in [0, 0.1) is 0 Å². The molecule has 2 nitrogen and oxygen atoms in total. The fourth-order valence-corrected chi connectivity index (χ4v) is 3.00. The fraction of sp³-hybridized carbons (Fsp3) is 0.222. The average molecular weight is 299 g/mol. The van der Waals surface area contributed by atoms with E-state index in [1.807, 2.05) is 19.2 Å². The van der Waals surface area contributed by atoms with Gasteiger partial charge in [-0.2, -0.15) is 0 Å². The summed E-state index contributed by atoms with van der Waals surface area (Å²) in [6, 6.07) is 14.6. The third-order valence-electron chi connectivity index (χ3n) is 3.94. The Balaban J connectivity index is 2.20. The Morgan fingerprint density at radius 1 is 1.10 bits per heavy atom. The van der Waals surface area contributed by atoms with Crippen LogP contribution in [-0.4, -0.2) is 20.6 Å². The number of para-hydroxylation sites is 1. The molecule has 3 heteroatoms. The third-order valence-corrected chi connectivity index (χ3v) is 4.17. The Morgan fingerprint density at radius 3 is 2.71 bits per heavy atom. The summed E-state index contributed by atoms with van der Waals surface area (Å²) in [7, 11) is 4.09. The number of nitrogens with zero attached hydrogens (tertiary/aromatic N) is 1. The number of benzene rings is 2. The zero-order chi connectivity index (χ0) is 14.8. The van der Waals surface area contributed by atoms with E-state index >= 15 is 0 Å². The van der Waals surface area contributed by atoms with Gasteiger partial charge < -0.3 is 10.2 Å². The third kappa shape index (κ3) is 2.69. The van der Waals surface area contributed by atoms with Gasteiger partial charge in [-0.05, 0) is 55.4 Å². The van der Waals surface area contributed by atoms with Gasteiger partial charge in [0, 0.05) is 29.0 Å². The van der Waals surface area contributed by atoms with Crippen molar-refractivity contribution in [3.63, 3.8) is 0 Å². The van der Waals surface area contributed by atoms with E-state index in [0.717, 1.165) is 23.7 Å². The van der Waals surface area contributed by atoms with Gasteiger partial charge in [0.05, 0.1) is 0 Å². The topological polar surface area (TPSA) is 15.3 Å². The SMILES string of the molecule is CNCCC1=Cc2ccccc2N(C)c2cc(Cl)ccc21. The lowest BCUT2D eigenvalue weighted by Crippen LogP contribution is -2.12. The molecule has 1 heterocycles. The van der Waals surface area contributed by atoms with Crippen LogP contribution in [0.5, 0.6) is 0 Å². The molecule has 0 fully saturated rings. The van der Waals surface area contributed by atoms with Crippen LogP contribution in [0.3, 0.4) is 0 Å². The Hall–Kier alpha value is -1.77. The molecule has 1 N–H and O–H groups in total. The summed E-state index contributed by atoms with van der Waals surface area (Å²) in [5, 5.41) is 4.00. The number of rotatable bonds is 3. The number of anilines is 2. The Bertz CT molecular complexity index is 691. The highest BCUT2D eigenvalue weighted by atomic mass is 35.5. The zero-order valence-electron chi connectivity index (χ0n) is 12.4. The summed E-state index contributed by atoms with van der Waals surface area (Å²) < 4.78 is 0. The molecule has 0 bridgehead atoms. The highest BCUT2D eigenvalue weighted by Crippen LogP contribution is 2.40. The second-order valence-corrected chi connectivity index (χ2v) is 5.74. The van der Waals surface area contributed by atoms with E-state index < -0.39 is 0 Å². The minimum absolute atomic E-state index is 0.771. The van der Waals surface area contributed by atoms with Crippen molar-refractivity contribution in [1.82, 2.24) is 5.32 Å². The average Bonchev–Trinajstić information content (AvgIpc) is 2.61. The first-order chi connectivity index (χ1) is 10.2. The molecular formula is C18H19ClN2. The summed E-state index contributed by atoms with van der Waals surface area (Å²) >= 11 is 6.22. The van der Waals surface area contributed by atoms with Crippen molar-refractivity contribution < 1.29 is 0 Å². The molecule has 21 heavy (non-hydrogen) atoms. The maximum Gasteiger partial charge on any atom is 0.0499 e. The van der Waals surface area contributed by atoms with Gasteiger partial charge >= 0.3 is 0 Å². The van der Waals surface area contributed by atoms with Gasteiger partial charge in [-0.15, -0.1) is 0 Å². The van der Waals surface area contributed by atoms with Crippen molar-refractivity contribution >= 4 is 34.6 Å². The Morgan fingerprint density at radius 2 is 1.90 bits per heavy atom. The molecule has 1 aliphatic rings. The van der Waals surface area contributed by atoms with E-state index in [1.165, 1.54) is 22.4 Å². The van der Waals surface area contributed by atoms with Gasteiger partial charge in [0.15, 0.2) is 0 Å². The first kappa shape index (κ1) is 14.2. The van der Waals surface area contributed by atoms with E-state index in [0.29, 0.717) is 0 Å². The summed E-state index contributed by atoms with van der Waals surface area (Å²) in [6.45, 7) is 0.958. The normalized spacial score (nSPS) is 13.3. The van der Waals surface area contributed by atoms with Crippen molar-refractivity contribution in [2.75, 3.05) is 25.5 Å². The lowest BCUT2D eigenvalue weighted by Gasteiger charge is -2.22. The van der Waals surface area contributed by atoms with Crippen LogP contribution in [-0.2, 0) is 0 Å². The second kappa shape index (κ2) is 5.92. The molecule has 0 aliphatic carbocycles. The van der Waals surface area contributed by atoms with E-state index in [1.54, 1.807) is 0 Å². The number of hydrogen-bond acceptors (Lipinski definition) is 2. The van der Waals surface area contributed by atoms with Crippen LogP contribution in [0.25, 0.3) is 11.6 Å².